The molecule has 0 amide bonds. The van der Waals surface area contributed by atoms with Gasteiger partial charge in [-0.05, 0) is 37.1 Å². The number of hydrogen-bond donors (Lipinski definition) is 3. The van der Waals surface area contributed by atoms with Crippen molar-refractivity contribution in [1.29, 1.82) is 0 Å². The van der Waals surface area contributed by atoms with Crippen LogP contribution in [0.2, 0.25) is 0 Å². The molecule has 0 radical (unpaired) electrons. The monoisotopic (exact) mass is 390 g/mol. The Hall–Kier alpha value is -2.38. The third-order valence-electron chi connectivity index (χ3n) is 4.26. The van der Waals surface area contributed by atoms with E-state index in [9.17, 15) is 18.3 Å². The van der Waals surface area contributed by atoms with Crippen LogP contribution in [0.1, 0.15) is 55.1 Å². The zero-order chi connectivity index (χ0) is 19.9. The molecule has 0 bridgehead atoms. The molecule has 0 aliphatic rings. The van der Waals surface area contributed by atoms with E-state index in [-0.39, 0.29) is 16.5 Å². The average molecular weight is 391 g/mol. The Morgan fingerprint density at radius 1 is 1.11 bits per heavy atom. The van der Waals surface area contributed by atoms with Crippen LogP contribution in [0.5, 0.6) is 0 Å². The average Bonchev–Trinajstić information content (AvgIpc) is 2.66. The van der Waals surface area contributed by atoms with Crippen molar-refractivity contribution in [2.24, 2.45) is 0 Å². The number of nitrogens with one attached hydrogen (secondary N) is 2. The summed E-state index contributed by atoms with van der Waals surface area (Å²) < 4.78 is 28.1. The molecule has 2 rings (SSSR count). The maximum Gasteiger partial charge on any atom is 0.335 e. The van der Waals surface area contributed by atoms with Gasteiger partial charge < -0.3 is 10.4 Å². The van der Waals surface area contributed by atoms with Crippen LogP contribution in [-0.2, 0) is 10.0 Å². The summed E-state index contributed by atoms with van der Waals surface area (Å²) in [4.78, 5) is 11.2. The summed E-state index contributed by atoms with van der Waals surface area (Å²) in [7, 11) is -3.83. The summed E-state index contributed by atoms with van der Waals surface area (Å²) in [6.07, 6.45) is 2.64. The highest BCUT2D eigenvalue weighted by Crippen LogP contribution is 2.27. The van der Waals surface area contributed by atoms with E-state index < -0.39 is 16.0 Å². The van der Waals surface area contributed by atoms with Crippen molar-refractivity contribution in [1.82, 2.24) is 4.72 Å². The second-order valence-electron chi connectivity index (χ2n) is 6.40. The number of carboxylic acids is 1. The zero-order valence-electron chi connectivity index (χ0n) is 15.6. The first-order valence-electron chi connectivity index (χ1n) is 9.03. The number of unbranched alkanes of at least 4 members (excludes halogenated alkanes) is 2. The smallest absolute Gasteiger partial charge is 0.335 e. The quantitative estimate of drug-likeness (QED) is 0.533. The van der Waals surface area contributed by atoms with Crippen LogP contribution in [0.25, 0.3) is 0 Å². The van der Waals surface area contributed by atoms with E-state index in [1.54, 1.807) is 0 Å². The van der Waals surface area contributed by atoms with Gasteiger partial charge in [-0.1, -0.05) is 50.1 Å². The van der Waals surface area contributed by atoms with E-state index in [4.69, 9.17) is 0 Å². The molecule has 1 atom stereocenters. The van der Waals surface area contributed by atoms with Gasteiger partial charge in [-0.3, -0.25) is 0 Å². The minimum Gasteiger partial charge on any atom is -0.478 e. The van der Waals surface area contributed by atoms with Crippen molar-refractivity contribution in [3.63, 3.8) is 0 Å². The summed E-state index contributed by atoms with van der Waals surface area (Å²) in [6.45, 7) is 4.28. The van der Waals surface area contributed by atoms with Crippen LogP contribution >= 0.6 is 0 Å². The Morgan fingerprint density at radius 3 is 2.44 bits per heavy atom. The predicted molar refractivity (Wildman–Crippen MR) is 107 cm³/mol. The van der Waals surface area contributed by atoms with E-state index >= 15 is 0 Å². The van der Waals surface area contributed by atoms with Gasteiger partial charge in [0.2, 0.25) is 10.0 Å². The lowest BCUT2D eigenvalue weighted by Crippen LogP contribution is -2.26. The third-order valence-corrected chi connectivity index (χ3v) is 5.76. The first-order chi connectivity index (χ1) is 12.8. The molecule has 7 heteroatoms. The maximum absolute atomic E-state index is 12.8. The van der Waals surface area contributed by atoms with Crippen LogP contribution in [0.3, 0.4) is 0 Å². The minimum atomic E-state index is -3.83. The Morgan fingerprint density at radius 2 is 1.81 bits per heavy atom. The van der Waals surface area contributed by atoms with E-state index in [1.165, 1.54) is 18.2 Å². The van der Waals surface area contributed by atoms with Crippen molar-refractivity contribution < 1.29 is 18.3 Å². The lowest BCUT2D eigenvalue weighted by atomic mass is 10.1. The molecule has 0 aliphatic carbocycles. The van der Waals surface area contributed by atoms with E-state index in [0.29, 0.717) is 12.2 Å². The molecule has 0 saturated carbocycles. The van der Waals surface area contributed by atoms with Gasteiger partial charge in [-0.15, -0.1) is 0 Å². The molecular weight excluding hydrogens is 364 g/mol. The zero-order valence-corrected chi connectivity index (χ0v) is 16.4. The van der Waals surface area contributed by atoms with Gasteiger partial charge in [0, 0.05) is 12.6 Å². The van der Waals surface area contributed by atoms with Crippen LogP contribution in [0, 0.1) is 0 Å². The fraction of sp³-hybridized carbons (Fsp3) is 0.350. The van der Waals surface area contributed by atoms with Crippen LogP contribution in [0.15, 0.2) is 53.4 Å². The van der Waals surface area contributed by atoms with Gasteiger partial charge in [0.1, 0.15) is 4.90 Å². The molecule has 2 aromatic carbocycles. The molecule has 0 aromatic heterocycles. The first kappa shape index (κ1) is 20.9. The molecule has 146 valence electrons. The number of hydrogen-bond acceptors (Lipinski definition) is 4. The van der Waals surface area contributed by atoms with Crippen LogP contribution in [0.4, 0.5) is 5.69 Å². The molecule has 0 aliphatic heterocycles. The number of benzene rings is 2. The van der Waals surface area contributed by atoms with E-state index in [0.717, 1.165) is 24.8 Å². The number of carboxylic acid groups (broad SMARTS) is 1. The largest absolute Gasteiger partial charge is 0.478 e. The summed E-state index contributed by atoms with van der Waals surface area (Å²) in [5.74, 6) is -1.17. The number of rotatable bonds is 10. The first-order valence-corrected chi connectivity index (χ1v) is 10.5. The SMILES string of the molecule is CCCCCNS(=O)(=O)c1cc(C(=O)O)ccc1N[C@H](C)c1ccccc1. The van der Waals surface area contributed by atoms with Gasteiger partial charge in [0.05, 0.1) is 11.3 Å². The lowest BCUT2D eigenvalue weighted by Gasteiger charge is -2.19. The molecule has 0 saturated heterocycles. The predicted octanol–water partition coefficient (Wildman–Crippen LogP) is 4.03. The van der Waals surface area contributed by atoms with Gasteiger partial charge in [-0.2, -0.15) is 0 Å². The summed E-state index contributed by atoms with van der Waals surface area (Å²) >= 11 is 0. The number of aromatic carboxylic acids is 1. The Balaban J connectivity index is 2.32. The highest BCUT2D eigenvalue weighted by Gasteiger charge is 2.21. The maximum atomic E-state index is 12.8. The molecule has 6 nitrogen and oxygen atoms in total. The van der Waals surface area contributed by atoms with Crippen molar-refractivity contribution in [3.05, 3.63) is 59.7 Å². The van der Waals surface area contributed by atoms with Gasteiger partial charge in [0.25, 0.3) is 0 Å². The third kappa shape index (κ3) is 5.80. The van der Waals surface area contributed by atoms with Gasteiger partial charge >= 0.3 is 5.97 Å². The topological polar surface area (TPSA) is 95.5 Å². The van der Waals surface area contributed by atoms with Crippen molar-refractivity contribution in [2.45, 2.75) is 44.0 Å². The van der Waals surface area contributed by atoms with Crippen LogP contribution in [-0.4, -0.2) is 26.0 Å². The van der Waals surface area contributed by atoms with Gasteiger partial charge in [-0.25, -0.2) is 17.9 Å². The van der Waals surface area contributed by atoms with Crippen LogP contribution < -0.4 is 10.0 Å². The molecule has 0 fully saturated rings. The van der Waals surface area contributed by atoms with Gasteiger partial charge in [0.15, 0.2) is 0 Å². The van der Waals surface area contributed by atoms with E-state index in [2.05, 4.69) is 10.0 Å². The van der Waals surface area contributed by atoms with Crippen molar-refractivity contribution >= 4 is 21.7 Å². The lowest BCUT2D eigenvalue weighted by molar-refractivity contribution is 0.0696. The van der Waals surface area contributed by atoms with E-state index in [1.807, 2.05) is 44.2 Å². The molecule has 27 heavy (non-hydrogen) atoms. The fourth-order valence-corrected chi connectivity index (χ4v) is 3.98. The summed E-state index contributed by atoms with van der Waals surface area (Å²) in [5.41, 5.74) is 1.31. The minimum absolute atomic E-state index is 0.0540. The standard InChI is InChI=1S/C20H26N2O4S/c1-3-4-8-13-21-27(25,26)19-14-17(20(23)24)11-12-18(19)22-15(2)16-9-6-5-7-10-16/h5-7,9-12,14-15,21-22H,3-4,8,13H2,1-2H3,(H,23,24)/t15-/m1/s1. The highest BCUT2D eigenvalue weighted by molar-refractivity contribution is 7.89. The Labute approximate surface area is 160 Å². The molecule has 2 aromatic rings. The molecule has 0 unspecified atom stereocenters. The number of carbonyl (C=O) groups is 1. The molecule has 0 heterocycles. The summed E-state index contributed by atoms with van der Waals surface area (Å²) in [5, 5.41) is 12.4. The van der Waals surface area contributed by atoms with Crippen molar-refractivity contribution in [2.75, 3.05) is 11.9 Å². The highest BCUT2D eigenvalue weighted by atomic mass is 32.2. The second-order valence-corrected chi connectivity index (χ2v) is 8.13. The number of sulfonamides is 1. The molecular formula is C20H26N2O4S. The summed E-state index contributed by atoms with van der Waals surface area (Å²) in [6, 6.07) is 13.6. The number of anilines is 1. The Kier molecular flexibility index (Phi) is 7.38. The normalized spacial score (nSPS) is 12.5. The Bertz CT molecular complexity index is 867. The molecule has 0 spiro atoms. The fourth-order valence-electron chi connectivity index (χ4n) is 2.71. The second kappa shape index (κ2) is 9.53. The van der Waals surface area contributed by atoms with Crippen molar-refractivity contribution in [3.8, 4) is 0 Å². The molecule has 3 N–H and O–H groups in total.